The van der Waals surface area contributed by atoms with Crippen molar-refractivity contribution >= 4 is 29.8 Å². The summed E-state index contributed by atoms with van der Waals surface area (Å²) in [6, 6.07) is 15.1. The Bertz CT molecular complexity index is 1290. The number of ether oxygens (including phenoxy) is 1. The van der Waals surface area contributed by atoms with E-state index in [9.17, 15) is 14.7 Å². The molecule has 2 aromatic carbocycles. The number of fused-ring (bicyclic) bond motifs is 4. The van der Waals surface area contributed by atoms with Gasteiger partial charge in [0.25, 0.3) is 5.91 Å². The number of carboxylic acid groups (broad SMARTS) is 1. The number of nitrogens with one attached hydrogen (secondary N) is 1. The molecule has 1 aliphatic heterocycles. The standard InChI is InChI=1S/C29H34N4O4S/c1-18(2)14-22-17-37-25-16-24(27-19(3)8-5-9-20(27)4)30-29(31-25)32-38-23-11-6-10-21(15-23)28(36)33(22)13-7-12-26(34)35/h5-6,8-11,15-16,18,22H,7,12-14,17H2,1-4H3,(H,34,35)(H,30,31,32)/t22-/m1/s1. The molecule has 0 saturated carbocycles. The van der Waals surface area contributed by atoms with Gasteiger partial charge in [-0.25, -0.2) is 4.98 Å². The fourth-order valence-electron chi connectivity index (χ4n) is 4.72. The van der Waals surface area contributed by atoms with Crippen LogP contribution in [-0.2, 0) is 4.79 Å². The van der Waals surface area contributed by atoms with E-state index in [1.54, 1.807) is 11.0 Å². The molecular weight excluding hydrogens is 500 g/mol. The molecule has 8 nitrogen and oxygen atoms in total. The number of anilines is 1. The van der Waals surface area contributed by atoms with Gasteiger partial charge in [-0.3, -0.25) is 14.3 Å². The number of hydrogen-bond acceptors (Lipinski definition) is 7. The molecule has 9 heteroatoms. The van der Waals surface area contributed by atoms with Crippen LogP contribution in [0.3, 0.4) is 0 Å². The van der Waals surface area contributed by atoms with Crippen LogP contribution in [0.15, 0.2) is 53.4 Å². The average Bonchev–Trinajstić information content (AvgIpc) is 2.87. The van der Waals surface area contributed by atoms with Crippen LogP contribution < -0.4 is 9.46 Å². The minimum Gasteiger partial charge on any atom is -0.481 e. The van der Waals surface area contributed by atoms with Gasteiger partial charge in [0.1, 0.15) is 6.61 Å². The first-order valence-electron chi connectivity index (χ1n) is 12.9. The fraction of sp³-hybridized carbons (Fsp3) is 0.379. The molecule has 0 radical (unpaired) electrons. The first-order chi connectivity index (χ1) is 18.2. The van der Waals surface area contributed by atoms with Crippen LogP contribution in [0.2, 0.25) is 0 Å². The molecule has 200 valence electrons. The van der Waals surface area contributed by atoms with Gasteiger partial charge in [-0.05, 0) is 73.9 Å². The number of carbonyl (C=O) groups is 2. The quantitative estimate of drug-likeness (QED) is 0.356. The van der Waals surface area contributed by atoms with Crippen molar-refractivity contribution in [2.24, 2.45) is 5.92 Å². The third-order valence-corrected chi connectivity index (χ3v) is 7.21. The molecule has 0 fully saturated rings. The van der Waals surface area contributed by atoms with Crippen molar-refractivity contribution in [2.45, 2.75) is 57.9 Å². The number of hydrogen-bond donors (Lipinski definition) is 2. The molecule has 1 aliphatic rings. The van der Waals surface area contributed by atoms with Gasteiger partial charge in [0.2, 0.25) is 11.8 Å². The minimum absolute atomic E-state index is 0.00669. The highest BCUT2D eigenvalue weighted by Gasteiger charge is 2.27. The fourth-order valence-corrected chi connectivity index (χ4v) is 5.35. The van der Waals surface area contributed by atoms with Gasteiger partial charge in [0.05, 0.1) is 11.7 Å². The number of nitrogens with zero attached hydrogens (tertiary/aromatic N) is 3. The monoisotopic (exact) mass is 534 g/mol. The smallest absolute Gasteiger partial charge is 0.303 e. The molecule has 38 heavy (non-hydrogen) atoms. The molecule has 1 atom stereocenters. The van der Waals surface area contributed by atoms with Gasteiger partial charge < -0.3 is 14.7 Å². The van der Waals surface area contributed by atoms with E-state index in [0.29, 0.717) is 42.7 Å². The SMILES string of the molecule is Cc1cccc(C)c1-c1cc2nc(n1)NSc1cccc(c1)C(=O)N(CCCC(=O)O)[C@H](CC(C)C)CO2. The number of amides is 1. The molecule has 3 aromatic rings. The van der Waals surface area contributed by atoms with E-state index in [2.05, 4.69) is 49.5 Å². The van der Waals surface area contributed by atoms with Crippen LogP contribution in [0.5, 0.6) is 5.88 Å². The number of aliphatic carboxylic acids is 1. The Morgan fingerprint density at radius 2 is 1.89 bits per heavy atom. The van der Waals surface area contributed by atoms with E-state index < -0.39 is 5.97 Å². The highest BCUT2D eigenvalue weighted by Crippen LogP contribution is 2.31. The summed E-state index contributed by atoms with van der Waals surface area (Å²) in [6.45, 7) is 8.87. The van der Waals surface area contributed by atoms with Crippen LogP contribution in [0.25, 0.3) is 11.3 Å². The number of aryl methyl sites for hydroxylation is 2. The van der Waals surface area contributed by atoms with Crippen LogP contribution in [0.4, 0.5) is 5.95 Å². The number of rotatable bonds is 7. The molecule has 0 aliphatic carbocycles. The third kappa shape index (κ3) is 6.83. The summed E-state index contributed by atoms with van der Waals surface area (Å²) >= 11 is 1.32. The Morgan fingerprint density at radius 1 is 1.16 bits per heavy atom. The van der Waals surface area contributed by atoms with Gasteiger partial charge in [-0.15, -0.1) is 0 Å². The van der Waals surface area contributed by atoms with E-state index in [1.807, 2.05) is 30.3 Å². The molecule has 2 N–H and O–H groups in total. The summed E-state index contributed by atoms with van der Waals surface area (Å²) in [5, 5.41) is 9.20. The number of aromatic nitrogens is 2. The molecule has 1 amide bonds. The first-order valence-corrected chi connectivity index (χ1v) is 13.7. The lowest BCUT2D eigenvalue weighted by molar-refractivity contribution is -0.137. The molecule has 0 saturated heterocycles. The van der Waals surface area contributed by atoms with Gasteiger partial charge in [-0.2, -0.15) is 4.98 Å². The van der Waals surface area contributed by atoms with Crippen LogP contribution in [0, 0.1) is 19.8 Å². The number of carboxylic acids is 1. The summed E-state index contributed by atoms with van der Waals surface area (Å²) in [5.74, 6) is 0.110. The predicted molar refractivity (Wildman–Crippen MR) is 150 cm³/mol. The molecule has 4 rings (SSSR count). The van der Waals surface area contributed by atoms with Crippen molar-refractivity contribution in [3.63, 3.8) is 0 Å². The Labute approximate surface area is 228 Å². The lowest BCUT2D eigenvalue weighted by atomic mass is 10.00. The van der Waals surface area contributed by atoms with Gasteiger partial charge in [0, 0.05) is 35.1 Å². The zero-order valence-electron chi connectivity index (χ0n) is 22.2. The first kappa shape index (κ1) is 27.4. The van der Waals surface area contributed by atoms with Gasteiger partial charge >= 0.3 is 5.97 Å². The van der Waals surface area contributed by atoms with Crippen LogP contribution in [-0.4, -0.2) is 51.0 Å². The van der Waals surface area contributed by atoms with Gasteiger partial charge in [0.15, 0.2) is 0 Å². The molecule has 0 spiro atoms. The minimum atomic E-state index is -0.878. The van der Waals surface area contributed by atoms with Crippen molar-refractivity contribution in [3.8, 4) is 17.1 Å². The summed E-state index contributed by atoms with van der Waals surface area (Å²) in [5.41, 5.74) is 4.54. The number of carbonyl (C=O) groups excluding carboxylic acids is 1. The van der Waals surface area contributed by atoms with Crippen LogP contribution >= 0.6 is 11.9 Å². The molecule has 0 unspecified atom stereocenters. The maximum atomic E-state index is 13.7. The highest BCUT2D eigenvalue weighted by atomic mass is 32.2. The van der Waals surface area contributed by atoms with Gasteiger partial charge in [-0.1, -0.05) is 38.1 Å². The largest absolute Gasteiger partial charge is 0.481 e. The average molecular weight is 535 g/mol. The van der Waals surface area contributed by atoms with E-state index in [1.165, 1.54) is 11.9 Å². The Hall–Kier alpha value is -3.59. The van der Waals surface area contributed by atoms with Crippen molar-refractivity contribution in [3.05, 3.63) is 65.2 Å². The number of benzene rings is 2. The van der Waals surface area contributed by atoms with E-state index in [4.69, 9.17) is 9.72 Å². The maximum absolute atomic E-state index is 13.7. The third-order valence-electron chi connectivity index (χ3n) is 6.44. The predicted octanol–water partition coefficient (Wildman–Crippen LogP) is 5.99. The zero-order valence-corrected chi connectivity index (χ0v) is 23.0. The van der Waals surface area contributed by atoms with Crippen molar-refractivity contribution < 1.29 is 19.4 Å². The van der Waals surface area contributed by atoms with Crippen LogP contribution in [0.1, 0.15) is 54.6 Å². The van der Waals surface area contributed by atoms with E-state index in [0.717, 1.165) is 27.3 Å². The van der Waals surface area contributed by atoms with E-state index in [-0.39, 0.29) is 25.0 Å². The van der Waals surface area contributed by atoms with E-state index >= 15 is 0 Å². The van der Waals surface area contributed by atoms with Crippen molar-refractivity contribution in [1.82, 2.24) is 14.9 Å². The summed E-state index contributed by atoms with van der Waals surface area (Å²) in [6.07, 6.45) is 1.06. The molecule has 2 heterocycles. The molecule has 4 bridgehead atoms. The normalized spacial score (nSPS) is 15.7. The Morgan fingerprint density at radius 3 is 2.61 bits per heavy atom. The Balaban J connectivity index is 1.77. The summed E-state index contributed by atoms with van der Waals surface area (Å²) < 4.78 is 9.49. The lowest BCUT2D eigenvalue weighted by Crippen LogP contribution is -2.45. The summed E-state index contributed by atoms with van der Waals surface area (Å²) in [4.78, 5) is 37.0. The van der Waals surface area contributed by atoms with Crippen molar-refractivity contribution in [1.29, 1.82) is 0 Å². The lowest BCUT2D eigenvalue weighted by Gasteiger charge is -2.33. The Kier molecular flexibility index (Phi) is 8.89. The molecular formula is C29H34N4O4S. The zero-order chi connectivity index (χ0) is 27.2. The second-order valence-corrected chi connectivity index (χ2v) is 10.9. The highest BCUT2D eigenvalue weighted by molar-refractivity contribution is 8.00. The molecule has 1 aromatic heterocycles. The maximum Gasteiger partial charge on any atom is 0.303 e. The second-order valence-electron chi connectivity index (χ2n) is 10.0. The second kappa shape index (κ2) is 12.3. The van der Waals surface area contributed by atoms with Crippen molar-refractivity contribution in [2.75, 3.05) is 17.9 Å². The topological polar surface area (TPSA) is 105 Å². The summed E-state index contributed by atoms with van der Waals surface area (Å²) in [7, 11) is 0.